The summed E-state index contributed by atoms with van der Waals surface area (Å²) in [5, 5.41) is 12.3. The molecule has 1 amide bonds. The van der Waals surface area contributed by atoms with Crippen LogP contribution in [-0.4, -0.2) is 17.6 Å². The molecule has 0 bridgehead atoms. The lowest BCUT2D eigenvalue weighted by molar-refractivity contribution is -0.124. The van der Waals surface area contributed by atoms with Crippen molar-refractivity contribution in [2.75, 3.05) is 6.54 Å². The van der Waals surface area contributed by atoms with Gasteiger partial charge in [0.15, 0.2) is 0 Å². The summed E-state index contributed by atoms with van der Waals surface area (Å²) in [6, 6.07) is 5.56. The van der Waals surface area contributed by atoms with Gasteiger partial charge < -0.3 is 10.4 Å². The summed E-state index contributed by atoms with van der Waals surface area (Å²) in [4.78, 5) is 11.3. The third-order valence-electron chi connectivity index (χ3n) is 2.25. The molecule has 16 heavy (non-hydrogen) atoms. The number of carbonyl (C=O) groups excluding carboxylic acids is 1. The van der Waals surface area contributed by atoms with E-state index < -0.39 is 6.10 Å². The summed E-state index contributed by atoms with van der Waals surface area (Å²) in [7, 11) is 0. The fourth-order valence-corrected chi connectivity index (χ4v) is 1.20. The number of nitrogens with one attached hydrogen (secondary N) is 1. The van der Waals surface area contributed by atoms with Crippen molar-refractivity contribution in [2.24, 2.45) is 5.92 Å². The molecule has 1 atom stereocenters. The highest BCUT2D eigenvalue weighted by Gasteiger charge is 2.11. The molecule has 0 aliphatic heterocycles. The number of aliphatic hydroxyl groups excluding tert-OH is 1. The van der Waals surface area contributed by atoms with E-state index in [1.807, 2.05) is 0 Å². The molecule has 88 valence electrons. The molecule has 0 saturated carbocycles. The van der Waals surface area contributed by atoms with Crippen LogP contribution >= 0.6 is 0 Å². The number of rotatable bonds is 4. The average molecular weight is 225 g/mol. The van der Waals surface area contributed by atoms with E-state index in [0.29, 0.717) is 5.56 Å². The van der Waals surface area contributed by atoms with Gasteiger partial charge in [0.25, 0.3) is 0 Å². The maximum Gasteiger partial charge on any atom is 0.222 e. The van der Waals surface area contributed by atoms with Crippen molar-refractivity contribution >= 4 is 5.91 Å². The van der Waals surface area contributed by atoms with E-state index >= 15 is 0 Å². The molecule has 1 rings (SSSR count). The minimum atomic E-state index is -0.803. The Morgan fingerprint density at radius 3 is 2.44 bits per heavy atom. The fraction of sp³-hybridized carbons (Fsp3) is 0.417. The molecular formula is C12H16FNO2. The summed E-state index contributed by atoms with van der Waals surface area (Å²) in [6.45, 7) is 3.70. The predicted octanol–water partition coefficient (Wildman–Crippen LogP) is 1.63. The minimum absolute atomic E-state index is 0.110. The van der Waals surface area contributed by atoms with Crippen molar-refractivity contribution in [1.29, 1.82) is 0 Å². The topological polar surface area (TPSA) is 49.3 Å². The summed E-state index contributed by atoms with van der Waals surface area (Å²) >= 11 is 0. The second-order valence-electron chi connectivity index (χ2n) is 3.97. The number of carbonyl (C=O) groups is 1. The monoisotopic (exact) mass is 225 g/mol. The Bertz CT molecular complexity index is 349. The highest BCUT2D eigenvalue weighted by Crippen LogP contribution is 2.12. The number of hydrogen-bond acceptors (Lipinski definition) is 2. The van der Waals surface area contributed by atoms with Crippen LogP contribution in [0.3, 0.4) is 0 Å². The molecule has 1 aromatic rings. The van der Waals surface area contributed by atoms with Gasteiger partial charge in [-0.1, -0.05) is 26.0 Å². The first kappa shape index (κ1) is 12.6. The maximum atomic E-state index is 12.6. The molecule has 0 heterocycles. The summed E-state index contributed by atoms with van der Waals surface area (Å²) < 4.78 is 12.6. The van der Waals surface area contributed by atoms with Gasteiger partial charge in [0.2, 0.25) is 5.91 Å². The summed E-state index contributed by atoms with van der Waals surface area (Å²) in [6.07, 6.45) is -0.803. The number of halogens is 1. The van der Waals surface area contributed by atoms with Crippen LogP contribution in [0.2, 0.25) is 0 Å². The molecule has 0 spiro atoms. The van der Waals surface area contributed by atoms with E-state index in [-0.39, 0.29) is 24.2 Å². The molecule has 0 aromatic heterocycles. The van der Waals surface area contributed by atoms with Gasteiger partial charge in [0.1, 0.15) is 5.82 Å². The fourth-order valence-electron chi connectivity index (χ4n) is 1.20. The summed E-state index contributed by atoms with van der Waals surface area (Å²) in [5.41, 5.74) is 0.588. The van der Waals surface area contributed by atoms with E-state index in [2.05, 4.69) is 5.32 Å². The molecule has 3 nitrogen and oxygen atoms in total. The average Bonchev–Trinajstić information content (AvgIpc) is 2.26. The Balaban J connectivity index is 2.49. The number of benzene rings is 1. The SMILES string of the molecule is CC(C)C(=O)NCC(O)c1ccc(F)cc1. The largest absolute Gasteiger partial charge is 0.387 e. The highest BCUT2D eigenvalue weighted by atomic mass is 19.1. The molecule has 0 saturated heterocycles. The molecule has 1 unspecified atom stereocenters. The molecule has 4 heteroatoms. The molecule has 0 aliphatic carbocycles. The number of amides is 1. The van der Waals surface area contributed by atoms with Crippen molar-refractivity contribution in [2.45, 2.75) is 20.0 Å². The lowest BCUT2D eigenvalue weighted by Gasteiger charge is -2.13. The molecule has 0 aliphatic rings. The van der Waals surface area contributed by atoms with Gasteiger partial charge in [-0.2, -0.15) is 0 Å². The second kappa shape index (κ2) is 5.61. The van der Waals surface area contributed by atoms with Gasteiger partial charge in [-0.3, -0.25) is 4.79 Å². The Hall–Kier alpha value is -1.42. The quantitative estimate of drug-likeness (QED) is 0.818. The second-order valence-corrected chi connectivity index (χ2v) is 3.97. The zero-order valence-electron chi connectivity index (χ0n) is 9.40. The molecular weight excluding hydrogens is 209 g/mol. The Labute approximate surface area is 94.3 Å². The van der Waals surface area contributed by atoms with Crippen LogP contribution in [0.4, 0.5) is 4.39 Å². The number of aliphatic hydroxyl groups is 1. The van der Waals surface area contributed by atoms with Crippen molar-refractivity contribution in [3.63, 3.8) is 0 Å². The zero-order chi connectivity index (χ0) is 12.1. The van der Waals surface area contributed by atoms with Crippen LogP contribution in [0, 0.1) is 11.7 Å². The van der Waals surface area contributed by atoms with E-state index in [4.69, 9.17) is 0 Å². The lowest BCUT2D eigenvalue weighted by Crippen LogP contribution is -2.31. The van der Waals surface area contributed by atoms with Crippen LogP contribution in [0.5, 0.6) is 0 Å². The van der Waals surface area contributed by atoms with E-state index in [1.165, 1.54) is 24.3 Å². The van der Waals surface area contributed by atoms with Crippen LogP contribution in [0.1, 0.15) is 25.5 Å². The van der Waals surface area contributed by atoms with Crippen molar-refractivity contribution in [1.82, 2.24) is 5.32 Å². The van der Waals surface area contributed by atoms with Gasteiger partial charge in [0, 0.05) is 12.5 Å². The maximum absolute atomic E-state index is 12.6. The van der Waals surface area contributed by atoms with Crippen molar-refractivity contribution in [3.05, 3.63) is 35.6 Å². The third kappa shape index (κ3) is 3.62. The van der Waals surface area contributed by atoms with Crippen LogP contribution < -0.4 is 5.32 Å². The Morgan fingerprint density at radius 1 is 1.38 bits per heavy atom. The first-order valence-corrected chi connectivity index (χ1v) is 5.22. The molecule has 2 N–H and O–H groups in total. The van der Waals surface area contributed by atoms with E-state index in [0.717, 1.165) is 0 Å². The van der Waals surface area contributed by atoms with Gasteiger partial charge in [-0.25, -0.2) is 4.39 Å². The third-order valence-corrected chi connectivity index (χ3v) is 2.25. The molecule has 0 radical (unpaired) electrons. The van der Waals surface area contributed by atoms with Crippen LogP contribution in [0.25, 0.3) is 0 Å². The summed E-state index contributed by atoms with van der Waals surface area (Å²) in [5.74, 6) is -0.566. The van der Waals surface area contributed by atoms with Gasteiger partial charge >= 0.3 is 0 Å². The predicted molar refractivity (Wildman–Crippen MR) is 59.2 cm³/mol. The highest BCUT2D eigenvalue weighted by molar-refractivity contribution is 5.77. The molecule has 0 fully saturated rings. The Kier molecular flexibility index (Phi) is 4.43. The Morgan fingerprint density at radius 2 is 1.94 bits per heavy atom. The number of hydrogen-bond donors (Lipinski definition) is 2. The zero-order valence-corrected chi connectivity index (χ0v) is 9.40. The lowest BCUT2D eigenvalue weighted by atomic mass is 10.1. The van der Waals surface area contributed by atoms with Crippen LogP contribution in [0.15, 0.2) is 24.3 Å². The van der Waals surface area contributed by atoms with Crippen LogP contribution in [-0.2, 0) is 4.79 Å². The smallest absolute Gasteiger partial charge is 0.222 e. The molecule has 1 aromatic carbocycles. The normalized spacial score (nSPS) is 12.6. The van der Waals surface area contributed by atoms with Crippen molar-refractivity contribution in [3.8, 4) is 0 Å². The van der Waals surface area contributed by atoms with E-state index in [9.17, 15) is 14.3 Å². The first-order chi connectivity index (χ1) is 7.50. The van der Waals surface area contributed by atoms with Gasteiger partial charge in [-0.05, 0) is 17.7 Å². The van der Waals surface area contributed by atoms with Gasteiger partial charge in [0.05, 0.1) is 6.10 Å². The standard InChI is InChI=1S/C12H16FNO2/c1-8(2)12(16)14-7-11(15)9-3-5-10(13)6-4-9/h3-6,8,11,15H,7H2,1-2H3,(H,14,16). The van der Waals surface area contributed by atoms with E-state index in [1.54, 1.807) is 13.8 Å². The first-order valence-electron chi connectivity index (χ1n) is 5.22. The minimum Gasteiger partial charge on any atom is -0.387 e. The van der Waals surface area contributed by atoms with Crippen molar-refractivity contribution < 1.29 is 14.3 Å². The van der Waals surface area contributed by atoms with Gasteiger partial charge in [-0.15, -0.1) is 0 Å².